The zero-order valence-corrected chi connectivity index (χ0v) is 15.3. The third-order valence-electron chi connectivity index (χ3n) is 4.59. The number of alkyl halides is 2. The van der Waals surface area contributed by atoms with Crippen molar-refractivity contribution in [3.05, 3.63) is 60.1 Å². The summed E-state index contributed by atoms with van der Waals surface area (Å²) in [5.41, 5.74) is 0.634. The molecule has 11 heteroatoms. The van der Waals surface area contributed by atoms with Crippen LogP contribution in [0.25, 0.3) is 27.8 Å². The van der Waals surface area contributed by atoms with Gasteiger partial charge in [0.1, 0.15) is 5.82 Å². The Bertz CT molecular complexity index is 1380. The van der Waals surface area contributed by atoms with Gasteiger partial charge in [0.25, 0.3) is 0 Å². The second kappa shape index (κ2) is 5.87. The number of hydrogen-bond acceptors (Lipinski definition) is 5. The summed E-state index contributed by atoms with van der Waals surface area (Å²) in [7, 11) is 3.36. The molecule has 0 saturated carbocycles. The molecule has 0 fully saturated rings. The van der Waals surface area contributed by atoms with Gasteiger partial charge >= 0.3 is 5.92 Å². The minimum Gasteiger partial charge on any atom is -0.275 e. The molecular formula is C18H13F3N8. The van der Waals surface area contributed by atoms with Crippen molar-refractivity contribution in [1.29, 1.82) is 0 Å². The van der Waals surface area contributed by atoms with Crippen LogP contribution in [-0.4, -0.2) is 39.4 Å². The minimum atomic E-state index is -3.77. The van der Waals surface area contributed by atoms with Gasteiger partial charge in [-0.25, -0.2) is 4.39 Å². The van der Waals surface area contributed by atoms with E-state index in [0.29, 0.717) is 16.6 Å². The molecule has 0 radical (unpaired) electrons. The molecule has 0 spiro atoms. The Morgan fingerprint density at radius 1 is 0.966 bits per heavy atom. The number of rotatable bonds is 3. The lowest BCUT2D eigenvalue weighted by atomic mass is 10.0. The van der Waals surface area contributed by atoms with Crippen molar-refractivity contribution in [3.63, 3.8) is 0 Å². The molecule has 0 aliphatic rings. The lowest BCUT2D eigenvalue weighted by Gasteiger charge is -2.15. The summed E-state index contributed by atoms with van der Waals surface area (Å²) in [4.78, 5) is 0. The van der Waals surface area contributed by atoms with Gasteiger partial charge in [-0.2, -0.15) is 28.6 Å². The van der Waals surface area contributed by atoms with Gasteiger partial charge in [0, 0.05) is 43.5 Å². The maximum atomic E-state index is 15.3. The summed E-state index contributed by atoms with van der Waals surface area (Å²) in [6, 6.07) is 5.20. The van der Waals surface area contributed by atoms with Crippen LogP contribution in [0.15, 0.2) is 42.9 Å². The van der Waals surface area contributed by atoms with E-state index in [2.05, 4.69) is 25.5 Å². The molecule has 0 aliphatic carbocycles. The molecule has 146 valence electrons. The van der Waals surface area contributed by atoms with Crippen molar-refractivity contribution in [1.82, 2.24) is 39.4 Å². The second-order valence-corrected chi connectivity index (χ2v) is 6.68. The molecule has 0 bridgehead atoms. The fourth-order valence-corrected chi connectivity index (χ4v) is 3.22. The van der Waals surface area contributed by atoms with E-state index in [0.717, 1.165) is 16.6 Å². The summed E-state index contributed by atoms with van der Waals surface area (Å²) in [6.07, 6.45) is 4.80. The zero-order chi connectivity index (χ0) is 20.3. The van der Waals surface area contributed by atoms with Crippen LogP contribution in [0.2, 0.25) is 0 Å². The van der Waals surface area contributed by atoms with E-state index in [1.165, 1.54) is 16.9 Å². The molecule has 0 N–H and O–H groups in total. The predicted octanol–water partition coefficient (Wildman–Crippen LogP) is 2.69. The van der Waals surface area contributed by atoms with Gasteiger partial charge in [-0.1, -0.05) is 0 Å². The number of hydrogen-bond donors (Lipinski definition) is 0. The van der Waals surface area contributed by atoms with Crippen LogP contribution >= 0.6 is 0 Å². The number of benzene rings is 1. The van der Waals surface area contributed by atoms with Gasteiger partial charge in [0.2, 0.25) is 5.82 Å². The Kier molecular flexibility index (Phi) is 3.51. The molecular weight excluding hydrogens is 385 g/mol. The Morgan fingerprint density at radius 3 is 2.55 bits per heavy atom. The number of aromatic nitrogens is 8. The number of fused-ring (bicyclic) bond motifs is 2. The first-order valence-corrected chi connectivity index (χ1v) is 8.56. The Morgan fingerprint density at radius 2 is 1.79 bits per heavy atom. The van der Waals surface area contributed by atoms with Crippen molar-refractivity contribution < 1.29 is 13.2 Å². The summed E-state index contributed by atoms with van der Waals surface area (Å²) >= 11 is 0. The molecule has 8 nitrogen and oxygen atoms in total. The van der Waals surface area contributed by atoms with Crippen molar-refractivity contribution in [2.24, 2.45) is 14.1 Å². The van der Waals surface area contributed by atoms with Gasteiger partial charge in [-0.15, -0.1) is 10.2 Å². The lowest BCUT2D eigenvalue weighted by Crippen LogP contribution is -2.22. The molecule has 0 unspecified atom stereocenters. The smallest absolute Gasteiger partial charge is 0.275 e. The molecule has 0 aliphatic heterocycles. The van der Waals surface area contributed by atoms with Crippen LogP contribution in [0.1, 0.15) is 11.4 Å². The van der Waals surface area contributed by atoms with E-state index in [1.807, 2.05) is 0 Å². The molecule has 0 saturated heterocycles. The van der Waals surface area contributed by atoms with E-state index < -0.39 is 23.1 Å². The van der Waals surface area contributed by atoms with E-state index >= 15 is 8.78 Å². The van der Waals surface area contributed by atoms with Crippen LogP contribution in [0.5, 0.6) is 0 Å². The average molecular weight is 398 g/mol. The normalized spacial score (nSPS) is 12.3. The van der Waals surface area contributed by atoms with Crippen molar-refractivity contribution >= 4 is 16.6 Å². The monoisotopic (exact) mass is 398 g/mol. The molecule has 1 aromatic carbocycles. The van der Waals surface area contributed by atoms with Gasteiger partial charge in [0.05, 0.1) is 23.0 Å². The van der Waals surface area contributed by atoms with Gasteiger partial charge < -0.3 is 0 Å². The molecule has 4 heterocycles. The fraction of sp³-hybridized carbons (Fsp3) is 0.167. The highest BCUT2D eigenvalue weighted by atomic mass is 19.3. The van der Waals surface area contributed by atoms with E-state index in [9.17, 15) is 4.39 Å². The highest BCUT2D eigenvalue weighted by Gasteiger charge is 2.42. The van der Waals surface area contributed by atoms with Crippen molar-refractivity contribution in [2.45, 2.75) is 5.92 Å². The topological polar surface area (TPSA) is 78.7 Å². The largest absolute Gasteiger partial charge is 0.336 e. The SMILES string of the molecule is Cn1cc(-c2ccc3nnc(C(F)(F)c4cc5cn(C)nc5cc4F)n3n2)cn1. The number of halogens is 3. The molecule has 5 aromatic rings. The average Bonchev–Trinajstić information content (AvgIpc) is 3.37. The zero-order valence-electron chi connectivity index (χ0n) is 15.3. The van der Waals surface area contributed by atoms with Crippen molar-refractivity contribution in [2.75, 3.05) is 0 Å². The Labute approximate surface area is 161 Å². The third kappa shape index (κ3) is 2.65. The van der Waals surface area contributed by atoms with Crippen LogP contribution in [0, 0.1) is 5.82 Å². The maximum Gasteiger partial charge on any atom is 0.336 e. The second-order valence-electron chi connectivity index (χ2n) is 6.68. The van der Waals surface area contributed by atoms with Gasteiger partial charge in [-0.05, 0) is 18.2 Å². The Hall–Kier alpha value is -3.76. The van der Waals surface area contributed by atoms with E-state index in [1.54, 1.807) is 37.2 Å². The third-order valence-corrected chi connectivity index (χ3v) is 4.59. The quantitative estimate of drug-likeness (QED) is 0.467. The van der Waals surface area contributed by atoms with Crippen LogP contribution in [0.3, 0.4) is 0 Å². The molecule has 0 amide bonds. The summed E-state index contributed by atoms with van der Waals surface area (Å²) in [5.74, 6) is -5.63. The standard InChI is InChI=1S/C18H13F3N8/c1-27-9-11(7-22-27)14-3-4-16-23-24-17(29(16)26-14)18(20,21)12-5-10-8-28(2)25-15(10)6-13(12)19/h3-9H,1-2H3. The van der Waals surface area contributed by atoms with Crippen LogP contribution in [0.4, 0.5) is 13.2 Å². The highest BCUT2D eigenvalue weighted by Crippen LogP contribution is 2.37. The maximum absolute atomic E-state index is 15.3. The number of nitrogens with zero attached hydrogens (tertiary/aromatic N) is 8. The molecule has 5 rings (SSSR count). The summed E-state index contributed by atoms with van der Waals surface area (Å²) in [6.45, 7) is 0. The Balaban J connectivity index is 1.68. The van der Waals surface area contributed by atoms with E-state index in [4.69, 9.17) is 0 Å². The molecule has 29 heavy (non-hydrogen) atoms. The first-order valence-electron chi connectivity index (χ1n) is 8.56. The lowest BCUT2D eigenvalue weighted by molar-refractivity contribution is 0.0270. The van der Waals surface area contributed by atoms with Gasteiger partial charge in [0.15, 0.2) is 5.65 Å². The highest BCUT2D eigenvalue weighted by molar-refractivity contribution is 5.79. The first kappa shape index (κ1) is 17.3. The first-order chi connectivity index (χ1) is 13.8. The minimum absolute atomic E-state index is 0.121. The fourth-order valence-electron chi connectivity index (χ4n) is 3.22. The van der Waals surface area contributed by atoms with E-state index in [-0.39, 0.29) is 11.2 Å². The van der Waals surface area contributed by atoms with Crippen molar-refractivity contribution in [3.8, 4) is 11.3 Å². The van der Waals surface area contributed by atoms with Crippen LogP contribution in [-0.2, 0) is 20.0 Å². The molecule has 0 atom stereocenters. The number of aryl methyl sites for hydroxylation is 2. The summed E-state index contributed by atoms with van der Waals surface area (Å²) < 4.78 is 49.1. The molecule has 4 aromatic heterocycles. The predicted molar refractivity (Wildman–Crippen MR) is 96.7 cm³/mol. The van der Waals surface area contributed by atoms with Gasteiger partial charge in [-0.3, -0.25) is 9.36 Å². The summed E-state index contributed by atoms with van der Waals surface area (Å²) in [5, 5.41) is 20.1. The van der Waals surface area contributed by atoms with Crippen LogP contribution < -0.4 is 0 Å².